The van der Waals surface area contributed by atoms with Crippen LogP contribution >= 0.6 is 43.2 Å². The van der Waals surface area contributed by atoms with Crippen molar-refractivity contribution in [3.8, 4) is 16.3 Å². The molecule has 0 fully saturated rings. The maximum absolute atomic E-state index is 10.6. The van der Waals surface area contributed by atoms with Crippen molar-refractivity contribution in [1.82, 2.24) is 10.2 Å². The molecule has 0 amide bonds. The Balaban J connectivity index is 1.57. The van der Waals surface area contributed by atoms with E-state index < -0.39 is 0 Å². The molecule has 4 aromatic rings. The van der Waals surface area contributed by atoms with E-state index >= 15 is 0 Å². The summed E-state index contributed by atoms with van der Waals surface area (Å²) in [6.07, 6.45) is 1.54. The van der Waals surface area contributed by atoms with Gasteiger partial charge >= 0.3 is 0 Å². The maximum atomic E-state index is 10.6. The molecule has 1 N–H and O–H groups in total. The molecule has 9 heteroatoms. The molecule has 6 nitrogen and oxygen atoms in total. The highest BCUT2D eigenvalue weighted by Gasteiger charge is 2.09. The number of para-hydroxylation sites is 1. The molecule has 3 aromatic carbocycles. The summed E-state index contributed by atoms with van der Waals surface area (Å²) in [6.45, 7) is 1.99. The molecule has 0 radical (unpaired) electrons. The highest BCUT2D eigenvalue weighted by Crippen LogP contribution is 2.37. The summed E-state index contributed by atoms with van der Waals surface area (Å²) >= 11 is 8.36. The van der Waals surface area contributed by atoms with Crippen LogP contribution < -0.4 is 0 Å². The van der Waals surface area contributed by atoms with Gasteiger partial charge < -0.3 is 5.11 Å². The Bertz CT molecular complexity index is 1270. The molecule has 0 aliphatic carbocycles. The molecule has 1 aromatic heterocycles. The van der Waals surface area contributed by atoms with Crippen molar-refractivity contribution >= 4 is 65.9 Å². The van der Waals surface area contributed by atoms with E-state index in [4.69, 9.17) is 0 Å². The molecular formula is C22H15Br2N5OS. The van der Waals surface area contributed by atoms with E-state index in [0.29, 0.717) is 22.1 Å². The summed E-state index contributed by atoms with van der Waals surface area (Å²) in [7, 11) is 0. The van der Waals surface area contributed by atoms with E-state index in [1.165, 1.54) is 11.3 Å². The summed E-state index contributed by atoms with van der Waals surface area (Å²) in [4.78, 5) is 4.35. The molecule has 0 aliphatic heterocycles. The first-order chi connectivity index (χ1) is 15.0. The van der Waals surface area contributed by atoms with Gasteiger partial charge in [-0.25, -0.2) is 4.99 Å². The minimum absolute atomic E-state index is 0.0119. The van der Waals surface area contributed by atoms with Gasteiger partial charge in [-0.1, -0.05) is 47.7 Å². The van der Waals surface area contributed by atoms with Gasteiger partial charge in [-0.3, -0.25) is 0 Å². The van der Waals surface area contributed by atoms with Crippen LogP contribution in [0.3, 0.4) is 0 Å². The Morgan fingerprint density at radius 2 is 1.68 bits per heavy atom. The fourth-order valence-corrected chi connectivity index (χ4v) is 4.98. The first-order valence-corrected chi connectivity index (χ1v) is 11.5. The van der Waals surface area contributed by atoms with Gasteiger partial charge in [0.1, 0.15) is 16.4 Å². The SMILES string of the molecule is Cc1cc(Br)c(N=Nc2cccc(/C=N/c3nnc(-c4ccccc4)s3)c2O)c(Br)c1. The van der Waals surface area contributed by atoms with E-state index in [1.54, 1.807) is 24.4 Å². The molecule has 4 rings (SSSR count). The zero-order valence-electron chi connectivity index (χ0n) is 16.2. The number of hydrogen-bond donors (Lipinski definition) is 1. The second-order valence-corrected chi connectivity index (χ2v) is 9.17. The third kappa shape index (κ3) is 5.12. The third-order valence-corrected chi connectivity index (χ3v) is 6.30. The quantitative estimate of drug-likeness (QED) is 0.200. The van der Waals surface area contributed by atoms with Crippen LogP contribution in [0.15, 0.2) is 84.8 Å². The molecule has 0 spiro atoms. The van der Waals surface area contributed by atoms with E-state index in [0.717, 1.165) is 25.1 Å². The van der Waals surface area contributed by atoms with Crippen LogP contribution in [0.2, 0.25) is 0 Å². The molecule has 154 valence electrons. The first kappa shape index (κ1) is 21.5. The van der Waals surface area contributed by atoms with Crippen LogP contribution in [0, 0.1) is 6.92 Å². The summed E-state index contributed by atoms with van der Waals surface area (Å²) < 4.78 is 1.62. The Hall–Kier alpha value is -2.75. The fraction of sp³-hybridized carbons (Fsp3) is 0.0455. The van der Waals surface area contributed by atoms with Crippen LogP contribution in [-0.2, 0) is 0 Å². The number of phenols is 1. The fourth-order valence-electron chi connectivity index (χ4n) is 2.71. The minimum Gasteiger partial charge on any atom is -0.505 e. The summed E-state index contributed by atoms with van der Waals surface area (Å²) in [5, 5.41) is 28.7. The van der Waals surface area contributed by atoms with Gasteiger partial charge in [0.25, 0.3) is 0 Å². The van der Waals surface area contributed by atoms with Gasteiger partial charge in [0.05, 0.1) is 0 Å². The van der Waals surface area contributed by atoms with Crippen LogP contribution in [0.1, 0.15) is 11.1 Å². The number of nitrogens with zero attached hydrogens (tertiary/aromatic N) is 5. The van der Waals surface area contributed by atoms with Crippen molar-refractivity contribution in [2.75, 3.05) is 0 Å². The summed E-state index contributed by atoms with van der Waals surface area (Å²) in [5.74, 6) is -0.0119. The number of azo groups is 1. The molecule has 0 saturated carbocycles. The summed E-state index contributed by atoms with van der Waals surface area (Å²) in [6, 6.07) is 18.9. The van der Waals surface area contributed by atoms with E-state index in [-0.39, 0.29) is 5.75 Å². The van der Waals surface area contributed by atoms with Crippen LogP contribution in [0.4, 0.5) is 16.5 Å². The van der Waals surface area contributed by atoms with Crippen molar-refractivity contribution in [3.63, 3.8) is 0 Å². The molecule has 0 unspecified atom stereocenters. The highest BCUT2D eigenvalue weighted by molar-refractivity contribution is 9.11. The second-order valence-electron chi connectivity index (χ2n) is 6.51. The number of aryl methyl sites for hydroxylation is 1. The molecule has 1 heterocycles. The van der Waals surface area contributed by atoms with Gasteiger partial charge in [0.15, 0.2) is 5.75 Å². The number of phenolic OH excluding ortho intramolecular Hbond substituents is 1. The monoisotopic (exact) mass is 555 g/mol. The van der Waals surface area contributed by atoms with Gasteiger partial charge in [-0.2, -0.15) is 0 Å². The minimum atomic E-state index is -0.0119. The zero-order valence-corrected chi connectivity index (χ0v) is 20.2. The normalized spacial score (nSPS) is 11.6. The smallest absolute Gasteiger partial charge is 0.231 e. The largest absolute Gasteiger partial charge is 0.505 e. The Kier molecular flexibility index (Phi) is 6.64. The number of benzene rings is 3. The number of hydrogen-bond acceptors (Lipinski definition) is 7. The topological polar surface area (TPSA) is 83.1 Å². The molecule has 0 aliphatic rings. The van der Waals surface area contributed by atoms with Gasteiger partial charge in [-0.05, 0) is 68.6 Å². The summed E-state index contributed by atoms with van der Waals surface area (Å²) in [5.41, 5.74) is 3.57. The lowest BCUT2D eigenvalue weighted by Crippen LogP contribution is -1.82. The van der Waals surface area contributed by atoms with Crippen LogP contribution in [0.5, 0.6) is 5.75 Å². The highest BCUT2D eigenvalue weighted by atomic mass is 79.9. The first-order valence-electron chi connectivity index (χ1n) is 9.13. The average Bonchev–Trinajstić information content (AvgIpc) is 3.23. The predicted octanol–water partition coefficient (Wildman–Crippen LogP) is 7.91. The predicted molar refractivity (Wildman–Crippen MR) is 131 cm³/mol. The molecule has 0 saturated heterocycles. The van der Waals surface area contributed by atoms with Crippen molar-refractivity contribution in [2.24, 2.45) is 15.2 Å². The second kappa shape index (κ2) is 9.59. The lowest BCUT2D eigenvalue weighted by Gasteiger charge is -2.04. The molecular weight excluding hydrogens is 542 g/mol. The van der Waals surface area contributed by atoms with E-state index in [1.807, 2.05) is 49.4 Å². The van der Waals surface area contributed by atoms with E-state index in [2.05, 4.69) is 57.3 Å². The maximum Gasteiger partial charge on any atom is 0.231 e. The Morgan fingerprint density at radius 3 is 2.42 bits per heavy atom. The van der Waals surface area contributed by atoms with Gasteiger partial charge in [0.2, 0.25) is 5.13 Å². The third-order valence-electron chi connectivity index (χ3n) is 4.21. The standard InChI is InChI=1S/C22H15Br2N5OS/c1-13-10-16(23)19(17(24)11-13)27-26-18-9-5-8-15(20(18)30)12-25-22-29-28-21(31-22)14-6-3-2-4-7-14/h2-12,30H,1H3/b25-12+,27-26?. The number of aromatic nitrogens is 2. The van der Waals surface area contributed by atoms with Crippen LogP contribution in [0.25, 0.3) is 10.6 Å². The lowest BCUT2D eigenvalue weighted by molar-refractivity contribution is 0.475. The van der Waals surface area contributed by atoms with Gasteiger partial charge in [0, 0.05) is 26.3 Å². The Labute approximate surface area is 199 Å². The molecule has 0 bridgehead atoms. The number of rotatable bonds is 5. The van der Waals surface area contributed by atoms with E-state index in [9.17, 15) is 5.11 Å². The van der Waals surface area contributed by atoms with Crippen molar-refractivity contribution in [2.45, 2.75) is 6.92 Å². The van der Waals surface area contributed by atoms with Crippen molar-refractivity contribution < 1.29 is 5.11 Å². The number of halogens is 2. The Morgan fingerprint density at radius 1 is 0.935 bits per heavy atom. The average molecular weight is 557 g/mol. The zero-order chi connectivity index (χ0) is 21.8. The van der Waals surface area contributed by atoms with Crippen molar-refractivity contribution in [1.29, 1.82) is 0 Å². The molecule has 31 heavy (non-hydrogen) atoms. The lowest BCUT2D eigenvalue weighted by atomic mass is 10.2. The molecule has 0 atom stereocenters. The van der Waals surface area contributed by atoms with Crippen molar-refractivity contribution in [3.05, 3.63) is 80.7 Å². The van der Waals surface area contributed by atoms with Crippen LogP contribution in [-0.4, -0.2) is 21.5 Å². The number of aromatic hydroxyl groups is 1. The number of aliphatic imine (C=N–C) groups is 1. The van der Waals surface area contributed by atoms with Gasteiger partial charge in [-0.15, -0.1) is 20.4 Å².